The normalized spacial score (nSPS) is 13.3. The topological polar surface area (TPSA) is 118 Å². The van der Waals surface area contributed by atoms with E-state index in [-0.39, 0.29) is 17.6 Å². The van der Waals surface area contributed by atoms with Gasteiger partial charge < -0.3 is 25.7 Å². The van der Waals surface area contributed by atoms with Gasteiger partial charge >= 0.3 is 0 Å². The van der Waals surface area contributed by atoms with Gasteiger partial charge in [-0.05, 0) is 61.7 Å². The second kappa shape index (κ2) is 8.65. The van der Waals surface area contributed by atoms with E-state index in [1.165, 1.54) is 17.6 Å². The number of hydrogen-bond donors (Lipinski definition) is 3. The number of hydrogen-bond acceptors (Lipinski definition) is 6. The van der Waals surface area contributed by atoms with Crippen LogP contribution in [0.5, 0.6) is 0 Å². The van der Waals surface area contributed by atoms with Crippen molar-refractivity contribution < 1.29 is 18.8 Å². The third-order valence-electron chi connectivity index (χ3n) is 5.08. The first-order valence-corrected chi connectivity index (χ1v) is 10.7. The van der Waals surface area contributed by atoms with Gasteiger partial charge in [0.15, 0.2) is 5.76 Å². The molecule has 1 aliphatic heterocycles. The maximum atomic E-state index is 13.0. The van der Waals surface area contributed by atoms with E-state index in [1.54, 1.807) is 37.3 Å². The Morgan fingerprint density at radius 3 is 2.52 bits per heavy atom. The van der Waals surface area contributed by atoms with E-state index in [4.69, 9.17) is 10.2 Å². The van der Waals surface area contributed by atoms with Crippen molar-refractivity contribution in [3.05, 3.63) is 64.4 Å². The Bertz CT molecular complexity index is 1130. The average molecular weight is 439 g/mol. The van der Waals surface area contributed by atoms with Crippen molar-refractivity contribution in [3.63, 3.8) is 0 Å². The summed E-state index contributed by atoms with van der Waals surface area (Å²) in [4.78, 5) is 39.5. The van der Waals surface area contributed by atoms with Gasteiger partial charge in [0.05, 0.1) is 27.5 Å². The summed E-state index contributed by atoms with van der Waals surface area (Å²) in [5.74, 6) is -1.07. The molecule has 0 spiro atoms. The van der Waals surface area contributed by atoms with Crippen LogP contribution in [-0.4, -0.2) is 30.8 Å². The summed E-state index contributed by atoms with van der Waals surface area (Å²) in [7, 11) is 0. The van der Waals surface area contributed by atoms with E-state index in [0.717, 1.165) is 37.2 Å². The minimum absolute atomic E-state index is 0.190. The summed E-state index contributed by atoms with van der Waals surface area (Å²) in [5, 5.41) is 6.20. The zero-order chi connectivity index (χ0) is 22.0. The summed E-state index contributed by atoms with van der Waals surface area (Å²) < 4.78 is 5.09. The van der Waals surface area contributed by atoms with Gasteiger partial charge in [0.2, 0.25) is 5.91 Å². The van der Waals surface area contributed by atoms with Gasteiger partial charge in [0.1, 0.15) is 0 Å². The molecular formula is C22H22N4O4S. The molecule has 31 heavy (non-hydrogen) atoms. The maximum Gasteiger partial charge on any atom is 0.291 e. The van der Waals surface area contributed by atoms with Crippen LogP contribution in [-0.2, 0) is 0 Å². The molecule has 3 aromatic rings. The van der Waals surface area contributed by atoms with E-state index in [9.17, 15) is 14.4 Å². The first kappa shape index (κ1) is 20.7. The quantitative estimate of drug-likeness (QED) is 0.540. The van der Waals surface area contributed by atoms with E-state index < -0.39 is 5.91 Å². The van der Waals surface area contributed by atoms with Crippen LogP contribution >= 0.6 is 11.3 Å². The Kier molecular flexibility index (Phi) is 5.77. The van der Waals surface area contributed by atoms with Gasteiger partial charge in [-0.2, -0.15) is 0 Å². The standard InChI is InChI=1S/C22H22N4O4S/c1-13-11-18(25-21(28)17-5-4-10-30-17)31-19(13)22(29)24-15-12-14(20(23)27)6-7-16(15)26-8-2-3-9-26/h4-7,10-12H,2-3,8-9H2,1H3,(H2,23,27)(H,24,29)(H,25,28). The molecule has 0 atom stereocenters. The van der Waals surface area contributed by atoms with Crippen molar-refractivity contribution in [2.75, 3.05) is 28.6 Å². The van der Waals surface area contributed by atoms with E-state index >= 15 is 0 Å². The molecular weight excluding hydrogens is 416 g/mol. The van der Waals surface area contributed by atoms with Crippen molar-refractivity contribution >= 4 is 45.4 Å². The van der Waals surface area contributed by atoms with Crippen molar-refractivity contribution in [1.82, 2.24) is 0 Å². The number of anilines is 3. The van der Waals surface area contributed by atoms with Crippen LogP contribution in [0.15, 0.2) is 47.1 Å². The highest BCUT2D eigenvalue weighted by Crippen LogP contribution is 2.32. The summed E-state index contributed by atoms with van der Waals surface area (Å²) in [6, 6.07) is 10.0. The first-order valence-electron chi connectivity index (χ1n) is 9.88. The molecule has 1 fully saturated rings. The number of nitrogens with zero attached hydrogens (tertiary/aromatic N) is 1. The van der Waals surface area contributed by atoms with Crippen LogP contribution in [0.4, 0.5) is 16.4 Å². The van der Waals surface area contributed by atoms with Crippen LogP contribution in [0.25, 0.3) is 0 Å². The molecule has 3 heterocycles. The number of rotatable bonds is 6. The second-order valence-electron chi connectivity index (χ2n) is 7.30. The van der Waals surface area contributed by atoms with Gasteiger partial charge in [0, 0.05) is 18.7 Å². The van der Waals surface area contributed by atoms with Crippen LogP contribution in [0.1, 0.15) is 49.0 Å². The van der Waals surface area contributed by atoms with Crippen molar-refractivity contribution in [2.24, 2.45) is 5.73 Å². The molecule has 0 bridgehead atoms. The fourth-order valence-electron chi connectivity index (χ4n) is 3.55. The molecule has 8 nitrogen and oxygen atoms in total. The number of carbonyl (C=O) groups excluding carboxylic acids is 3. The molecule has 3 amide bonds. The minimum atomic E-state index is -0.557. The van der Waals surface area contributed by atoms with Crippen LogP contribution in [0.2, 0.25) is 0 Å². The molecule has 4 rings (SSSR count). The predicted octanol–water partition coefficient (Wildman–Crippen LogP) is 3.85. The number of furan rings is 1. The first-order chi connectivity index (χ1) is 14.9. The maximum absolute atomic E-state index is 13.0. The molecule has 0 radical (unpaired) electrons. The van der Waals surface area contributed by atoms with Crippen LogP contribution in [0, 0.1) is 6.92 Å². The summed E-state index contributed by atoms with van der Waals surface area (Å²) in [6.45, 7) is 3.58. The fourth-order valence-corrected chi connectivity index (χ4v) is 4.52. The highest BCUT2D eigenvalue weighted by molar-refractivity contribution is 7.18. The Labute approximate surface area is 183 Å². The third kappa shape index (κ3) is 4.46. The number of aryl methyl sites for hydroxylation is 1. The molecule has 1 saturated heterocycles. The van der Waals surface area contributed by atoms with Gasteiger partial charge in [-0.25, -0.2) is 0 Å². The number of amides is 3. The molecule has 1 aliphatic rings. The second-order valence-corrected chi connectivity index (χ2v) is 8.35. The van der Waals surface area contributed by atoms with E-state index in [2.05, 4.69) is 15.5 Å². The van der Waals surface area contributed by atoms with E-state index in [1.807, 2.05) is 6.07 Å². The van der Waals surface area contributed by atoms with Crippen LogP contribution < -0.4 is 21.3 Å². The summed E-state index contributed by atoms with van der Waals surface area (Å²) in [5.41, 5.74) is 7.88. The molecule has 2 aromatic heterocycles. The smallest absolute Gasteiger partial charge is 0.291 e. The largest absolute Gasteiger partial charge is 0.459 e. The van der Waals surface area contributed by atoms with Gasteiger partial charge in [-0.15, -0.1) is 11.3 Å². The van der Waals surface area contributed by atoms with Crippen LogP contribution in [0.3, 0.4) is 0 Å². The number of carbonyl (C=O) groups is 3. The molecule has 0 aliphatic carbocycles. The zero-order valence-corrected chi connectivity index (χ0v) is 17.8. The summed E-state index contributed by atoms with van der Waals surface area (Å²) in [6.07, 6.45) is 3.58. The van der Waals surface area contributed by atoms with Gasteiger partial charge in [-0.1, -0.05) is 0 Å². The highest BCUT2D eigenvalue weighted by Gasteiger charge is 2.21. The zero-order valence-electron chi connectivity index (χ0n) is 16.9. The molecule has 0 unspecified atom stereocenters. The van der Waals surface area contributed by atoms with Crippen molar-refractivity contribution in [2.45, 2.75) is 19.8 Å². The lowest BCUT2D eigenvalue weighted by molar-refractivity contribution is 0.0990. The molecule has 9 heteroatoms. The lowest BCUT2D eigenvalue weighted by atomic mass is 10.1. The Hall–Kier alpha value is -3.59. The van der Waals surface area contributed by atoms with Gasteiger partial charge in [0.25, 0.3) is 11.8 Å². The number of nitrogens with one attached hydrogen (secondary N) is 2. The molecule has 0 saturated carbocycles. The monoisotopic (exact) mass is 438 g/mol. The SMILES string of the molecule is Cc1cc(NC(=O)c2ccco2)sc1C(=O)Nc1cc(C(N)=O)ccc1N1CCCC1. The Balaban J connectivity index is 1.56. The Morgan fingerprint density at radius 1 is 1.06 bits per heavy atom. The number of thiophene rings is 1. The third-order valence-corrected chi connectivity index (χ3v) is 6.23. The van der Waals surface area contributed by atoms with E-state index in [0.29, 0.717) is 21.1 Å². The number of primary amides is 1. The molecule has 4 N–H and O–H groups in total. The lowest BCUT2D eigenvalue weighted by Gasteiger charge is -2.22. The molecule has 1 aromatic carbocycles. The summed E-state index contributed by atoms with van der Waals surface area (Å²) >= 11 is 1.17. The predicted molar refractivity (Wildman–Crippen MR) is 120 cm³/mol. The number of nitrogens with two attached hydrogens (primary N) is 1. The fraction of sp³-hybridized carbons (Fsp3) is 0.227. The van der Waals surface area contributed by atoms with Crippen molar-refractivity contribution in [1.29, 1.82) is 0 Å². The van der Waals surface area contributed by atoms with Gasteiger partial charge in [-0.3, -0.25) is 14.4 Å². The number of benzene rings is 1. The Morgan fingerprint density at radius 2 is 1.84 bits per heavy atom. The average Bonchev–Trinajstić information content (AvgIpc) is 3.50. The molecule has 160 valence electrons. The van der Waals surface area contributed by atoms with Crippen molar-refractivity contribution in [3.8, 4) is 0 Å². The minimum Gasteiger partial charge on any atom is -0.459 e. The highest BCUT2D eigenvalue weighted by atomic mass is 32.1. The lowest BCUT2D eigenvalue weighted by Crippen LogP contribution is -2.22.